The highest BCUT2D eigenvalue weighted by Gasteiger charge is 2.13. The summed E-state index contributed by atoms with van der Waals surface area (Å²) in [6.45, 7) is 1.84. The zero-order valence-corrected chi connectivity index (χ0v) is 15.0. The van der Waals surface area contributed by atoms with E-state index in [2.05, 4.69) is 15.1 Å². The maximum atomic E-state index is 12.7. The van der Waals surface area contributed by atoms with E-state index >= 15 is 0 Å². The Morgan fingerprint density at radius 3 is 2.78 bits per heavy atom. The van der Waals surface area contributed by atoms with Crippen LogP contribution in [0.4, 0.5) is 4.39 Å². The average molecular weight is 370 g/mol. The number of hydrogen-bond acceptors (Lipinski definition) is 6. The second-order valence-corrected chi connectivity index (χ2v) is 5.84. The Morgan fingerprint density at radius 1 is 1.33 bits per heavy atom. The molecule has 0 aliphatic carbocycles. The van der Waals surface area contributed by atoms with Gasteiger partial charge in [-0.2, -0.15) is 5.10 Å². The molecular weight excluding hydrogens is 351 g/mol. The van der Waals surface area contributed by atoms with Gasteiger partial charge in [0, 0.05) is 24.4 Å². The first-order valence-corrected chi connectivity index (χ1v) is 8.18. The number of methoxy groups -OCH3 is 1. The summed E-state index contributed by atoms with van der Waals surface area (Å²) >= 11 is 0. The minimum atomic E-state index is -0.427. The van der Waals surface area contributed by atoms with Crippen LogP contribution in [0.2, 0.25) is 0 Å². The maximum Gasteiger partial charge on any atom is 0.351 e. The van der Waals surface area contributed by atoms with Gasteiger partial charge in [0.2, 0.25) is 5.88 Å². The van der Waals surface area contributed by atoms with Crippen LogP contribution in [0, 0.1) is 6.92 Å². The van der Waals surface area contributed by atoms with E-state index in [-0.39, 0.29) is 18.7 Å². The van der Waals surface area contributed by atoms with Gasteiger partial charge >= 0.3 is 5.69 Å². The van der Waals surface area contributed by atoms with E-state index in [1.165, 1.54) is 10.9 Å². The lowest BCUT2D eigenvalue weighted by Gasteiger charge is -2.08. The molecule has 0 saturated heterocycles. The summed E-state index contributed by atoms with van der Waals surface area (Å²) in [6, 6.07) is 7.27. The van der Waals surface area contributed by atoms with Gasteiger partial charge in [0.1, 0.15) is 12.1 Å². The molecule has 0 fully saturated rings. The van der Waals surface area contributed by atoms with Gasteiger partial charge in [0.25, 0.3) is 0 Å². The molecule has 140 valence electrons. The highest BCUT2D eigenvalue weighted by Crippen LogP contribution is 2.21. The fraction of sp³-hybridized carbons (Fsp3) is 0.222. The Balaban J connectivity index is 2.00. The molecule has 0 aromatic carbocycles. The van der Waals surface area contributed by atoms with Gasteiger partial charge in [0.05, 0.1) is 25.7 Å². The summed E-state index contributed by atoms with van der Waals surface area (Å²) in [6.07, 6.45) is 3.40. The Kier molecular flexibility index (Phi) is 5.41. The molecule has 0 bridgehead atoms. The third kappa shape index (κ3) is 3.77. The van der Waals surface area contributed by atoms with Crippen molar-refractivity contribution in [3.05, 3.63) is 64.7 Å². The van der Waals surface area contributed by atoms with Crippen LogP contribution in [0.3, 0.4) is 0 Å². The molecule has 8 nitrogen and oxygen atoms in total. The van der Waals surface area contributed by atoms with E-state index in [4.69, 9.17) is 10.5 Å². The van der Waals surface area contributed by atoms with Crippen molar-refractivity contribution in [2.24, 2.45) is 5.73 Å². The fourth-order valence-corrected chi connectivity index (χ4v) is 2.50. The summed E-state index contributed by atoms with van der Waals surface area (Å²) < 4.78 is 20.3. The third-order valence-corrected chi connectivity index (χ3v) is 4.04. The van der Waals surface area contributed by atoms with Crippen molar-refractivity contribution in [2.45, 2.75) is 13.5 Å². The first kappa shape index (κ1) is 18.5. The molecule has 0 saturated carbocycles. The molecule has 27 heavy (non-hydrogen) atoms. The third-order valence-electron chi connectivity index (χ3n) is 4.04. The van der Waals surface area contributed by atoms with Crippen LogP contribution in [-0.2, 0) is 6.54 Å². The molecule has 0 radical (unpaired) electrons. The zero-order valence-electron chi connectivity index (χ0n) is 15.0. The van der Waals surface area contributed by atoms with Crippen molar-refractivity contribution < 1.29 is 9.13 Å². The minimum Gasteiger partial charge on any atom is -0.481 e. The normalized spacial score (nSPS) is 11.6. The van der Waals surface area contributed by atoms with Crippen molar-refractivity contribution in [1.29, 1.82) is 0 Å². The van der Waals surface area contributed by atoms with Gasteiger partial charge < -0.3 is 10.5 Å². The van der Waals surface area contributed by atoms with Crippen molar-refractivity contribution in [2.75, 3.05) is 13.7 Å². The second-order valence-electron chi connectivity index (χ2n) is 5.84. The number of halogens is 1. The molecule has 3 rings (SSSR count). The van der Waals surface area contributed by atoms with Crippen molar-refractivity contribution >= 4 is 0 Å². The summed E-state index contributed by atoms with van der Waals surface area (Å²) in [5, 5.41) is 4.03. The summed E-state index contributed by atoms with van der Waals surface area (Å²) in [7, 11) is 1.54. The van der Waals surface area contributed by atoms with Crippen LogP contribution in [0.1, 0.15) is 5.56 Å². The summed E-state index contributed by atoms with van der Waals surface area (Å²) in [4.78, 5) is 21.4. The van der Waals surface area contributed by atoms with Crippen LogP contribution in [-0.4, -0.2) is 38.0 Å². The zero-order chi connectivity index (χ0) is 19.4. The molecule has 3 aromatic heterocycles. The highest BCUT2D eigenvalue weighted by molar-refractivity contribution is 5.60. The largest absolute Gasteiger partial charge is 0.481 e. The van der Waals surface area contributed by atoms with Crippen molar-refractivity contribution in [1.82, 2.24) is 24.3 Å². The van der Waals surface area contributed by atoms with Gasteiger partial charge in [-0.25, -0.2) is 28.4 Å². The quantitative estimate of drug-likeness (QED) is 0.708. The Labute approximate surface area is 154 Å². The molecule has 9 heteroatoms. The summed E-state index contributed by atoms with van der Waals surface area (Å²) in [5.74, 6) is 0.943. The standard InChI is InChI=1S/C18H19FN6O2/c1-12-3-5-15(14-4-6-16(27-2)21-9-14)23-17(12)24-11-22-25(18(24)26)10-13(7-19)8-20/h3-7,9,11H,8,10,20H2,1-2H3/b13-7+. The lowest BCUT2D eigenvalue weighted by atomic mass is 10.1. The molecule has 3 aromatic rings. The molecule has 0 atom stereocenters. The van der Waals surface area contributed by atoms with Crippen LogP contribution in [0.5, 0.6) is 5.88 Å². The van der Waals surface area contributed by atoms with E-state index in [0.29, 0.717) is 23.7 Å². The number of aromatic nitrogens is 5. The van der Waals surface area contributed by atoms with Gasteiger partial charge in [0.15, 0.2) is 0 Å². The van der Waals surface area contributed by atoms with Crippen LogP contribution >= 0.6 is 0 Å². The van der Waals surface area contributed by atoms with Gasteiger partial charge in [-0.3, -0.25) is 0 Å². The number of ether oxygens (including phenoxy) is 1. The number of hydrogen-bond donors (Lipinski definition) is 1. The number of nitrogens with two attached hydrogens (primary N) is 1. The molecule has 0 aliphatic heterocycles. The van der Waals surface area contributed by atoms with E-state index in [9.17, 15) is 9.18 Å². The molecule has 0 spiro atoms. The molecule has 0 amide bonds. The summed E-state index contributed by atoms with van der Waals surface area (Å²) in [5.41, 5.74) is 7.51. The topological polar surface area (TPSA) is 101 Å². The van der Waals surface area contributed by atoms with E-state index in [0.717, 1.165) is 15.8 Å². The van der Waals surface area contributed by atoms with Crippen LogP contribution in [0.25, 0.3) is 17.1 Å². The van der Waals surface area contributed by atoms with E-state index in [1.54, 1.807) is 19.4 Å². The SMILES string of the molecule is COc1ccc(-c2ccc(C)c(-n3cnn(C/C(=C/F)CN)c3=O)n2)cn1. The molecule has 3 heterocycles. The smallest absolute Gasteiger partial charge is 0.351 e. The maximum absolute atomic E-state index is 12.7. The highest BCUT2D eigenvalue weighted by atomic mass is 19.1. The van der Waals surface area contributed by atoms with Gasteiger partial charge in [-0.05, 0) is 30.2 Å². The Bertz CT molecular complexity index is 1020. The first-order chi connectivity index (χ1) is 13.1. The minimum absolute atomic E-state index is 0.00698. The number of rotatable bonds is 6. The molecular formula is C18H19FN6O2. The lowest BCUT2D eigenvalue weighted by molar-refractivity contribution is 0.398. The van der Waals surface area contributed by atoms with Crippen LogP contribution in [0.15, 0.2) is 53.5 Å². The average Bonchev–Trinajstić information content (AvgIpc) is 3.06. The Hall–Kier alpha value is -3.33. The second kappa shape index (κ2) is 7.92. The lowest BCUT2D eigenvalue weighted by Crippen LogP contribution is -2.26. The molecule has 2 N–H and O–H groups in total. The number of pyridine rings is 2. The molecule has 0 aliphatic rings. The molecule has 0 unspecified atom stereocenters. The van der Waals surface area contributed by atoms with Crippen molar-refractivity contribution in [3.8, 4) is 23.0 Å². The van der Waals surface area contributed by atoms with E-state index in [1.807, 2.05) is 25.1 Å². The Morgan fingerprint density at radius 2 is 2.15 bits per heavy atom. The predicted octanol–water partition coefficient (Wildman–Crippen LogP) is 1.62. The first-order valence-electron chi connectivity index (χ1n) is 8.18. The van der Waals surface area contributed by atoms with Crippen molar-refractivity contribution in [3.63, 3.8) is 0 Å². The van der Waals surface area contributed by atoms with Crippen LogP contribution < -0.4 is 16.2 Å². The fourth-order valence-electron chi connectivity index (χ4n) is 2.50. The van der Waals surface area contributed by atoms with Gasteiger partial charge in [-0.1, -0.05) is 6.07 Å². The monoisotopic (exact) mass is 370 g/mol. The number of aryl methyl sites for hydroxylation is 1. The van der Waals surface area contributed by atoms with Gasteiger partial charge in [-0.15, -0.1) is 0 Å². The van der Waals surface area contributed by atoms with E-state index < -0.39 is 5.69 Å². The number of nitrogens with zero attached hydrogens (tertiary/aromatic N) is 5. The predicted molar refractivity (Wildman–Crippen MR) is 98.4 cm³/mol.